The van der Waals surface area contributed by atoms with Crippen LogP contribution in [-0.4, -0.2) is 25.7 Å². The second-order valence-corrected chi connectivity index (χ2v) is 5.07. The first-order valence-corrected chi connectivity index (χ1v) is 6.61. The molecule has 5 nitrogen and oxygen atoms in total. The van der Waals surface area contributed by atoms with Crippen LogP contribution in [0.2, 0.25) is 5.02 Å². The molecular weight excluding hydrogens is 335 g/mol. The van der Waals surface area contributed by atoms with E-state index in [0.717, 1.165) is 12.1 Å². The molecule has 0 unspecified atom stereocenters. The molecule has 9 heteroatoms. The number of benzene rings is 1. The maximum Gasteiger partial charge on any atom is 0.433 e. The summed E-state index contributed by atoms with van der Waals surface area (Å²) in [6, 6.07) is 7.89. The quantitative estimate of drug-likeness (QED) is 0.770. The number of hydrogen-bond donors (Lipinski definition) is 1. The van der Waals surface area contributed by atoms with Crippen molar-refractivity contribution in [3.8, 4) is 11.3 Å². The molecule has 0 atom stereocenters. The molecule has 1 N–H and O–H groups in total. The third-order valence-corrected chi connectivity index (χ3v) is 3.33. The zero-order valence-corrected chi connectivity index (χ0v) is 11.9. The molecule has 3 aromatic rings. The number of rotatable bonds is 2. The van der Waals surface area contributed by atoms with Crippen LogP contribution in [0.3, 0.4) is 0 Å². The Morgan fingerprint density at radius 1 is 1.17 bits per heavy atom. The van der Waals surface area contributed by atoms with E-state index in [0.29, 0.717) is 15.1 Å². The van der Waals surface area contributed by atoms with Crippen molar-refractivity contribution in [2.45, 2.75) is 6.18 Å². The largest absolute Gasteiger partial charge is 0.476 e. The lowest BCUT2D eigenvalue weighted by Crippen LogP contribution is -2.14. The van der Waals surface area contributed by atoms with E-state index in [-0.39, 0.29) is 11.3 Å². The van der Waals surface area contributed by atoms with Crippen LogP contribution in [-0.2, 0) is 6.18 Å². The fraction of sp³-hybridized carbons (Fsp3) is 0.0714. The molecule has 118 valence electrons. The van der Waals surface area contributed by atoms with Gasteiger partial charge >= 0.3 is 12.1 Å². The van der Waals surface area contributed by atoms with Crippen molar-refractivity contribution >= 4 is 23.2 Å². The minimum Gasteiger partial charge on any atom is -0.476 e. The SMILES string of the molecule is O=C(O)c1cc2nc(-c3ccc(Cl)cc3)cc(C(F)(F)F)n2n1. The molecule has 0 radical (unpaired) electrons. The van der Waals surface area contributed by atoms with Crippen LogP contribution < -0.4 is 0 Å². The molecule has 0 saturated heterocycles. The standard InChI is InChI=1S/C14H7ClF3N3O2/c15-8-3-1-7(2-4-8)9-5-11(14(16,17)18)21-12(19-9)6-10(20-21)13(22)23/h1-6H,(H,22,23). The van der Waals surface area contributed by atoms with Crippen LogP contribution in [0.15, 0.2) is 36.4 Å². The van der Waals surface area contributed by atoms with Gasteiger partial charge in [-0.15, -0.1) is 0 Å². The monoisotopic (exact) mass is 341 g/mol. The zero-order valence-electron chi connectivity index (χ0n) is 11.2. The summed E-state index contributed by atoms with van der Waals surface area (Å²) in [7, 11) is 0. The van der Waals surface area contributed by atoms with Gasteiger partial charge in [-0.1, -0.05) is 23.7 Å². The average molecular weight is 342 g/mol. The Morgan fingerprint density at radius 3 is 2.39 bits per heavy atom. The van der Waals surface area contributed by atoms with Crippen molar-refractivity contribution in [3.63, 3.8) is 0 Å². The summed E-state index contributed by atoms with van der Waals surface area (Å²) in [5, 5.41) is 12.8. The summed E-state index contributed by atoms with van der Waals surface area (Å²) >= 11 is 5.76. The van der Waals surface area contributed by atoms with Gasteiger partial charge in [0.1, 0.15) is 0 Å². The lowest BCUT2D eigenvalue weighted by molar-refractivity contribution is -0.142. The molecule has 0 aliphatic carbocycles. The Bertz CT molecular complexity index is 904. The van der Waals surface area contributed by atoms with Gasteiger partial charge in [-0.05, 0) is 18.2 Å². The predicted octanol–water partition coefficient (Wildman–Crippen LogP) is 3.77. The smallest absolute Gasteiger partial charge is 0.433 e. The molecule has 0 bridgehead atoms. The van der Waals surface area contributed by atoms with Crippen LogP contribution in [0.4, 0.5) is 13.2 Å². The third kappa shape index (κ3) is 2.85. The first-order valence-electron chi connectivity index (χ1n) is 6.23. The second-order valence-electron chi connectivity index (χ2n) is 4.64. The molecule has 1 aromatic carbocycles. The van der Waals surface area contributed by atoms with Gasteiger partial charge in [-0.25, -0.2) is 14.3 Å². The molecule has 0 amide bonds. The second kappa shape index (κ2) is 5.24. The van der Waals surface area contributed by atoms with Gasteiger partial charge in [-0.3, -0.25) is 0 Å². The van der Waals surface area contributed by atoms with Gasteiger partial charge in [0, 0.05) is 16.7 Å². The van der Waals surface area contributed by atoms with Gasteiger partial charge in [0.05, 0.1) is 5.69 Å². The number of carbonyl (C=O) groups is 1. The van der Waals surface area contributed by atoms with Crippen molar-refractivity contribution in [1.82, 2.24) is 14.6 Å². The van der Waals surface area contributed by atoms with Gasteiger partial charge < -0.3 is 5.11 Å². The van der Waals surface area contributed by atoms with Crippen LogP contribution >= 0.6 is 11.6 Å². The molecule has 3 rings (SSSR count). The lowest BCUT2D eigenvalue weighted by atomic mass is 10.1. The van der Waals surface area contributed by atoms with Crippen molar-refractivity contribution in [1.29, 1.82) is 0 Å². The fourth-order valence-corrected chi connectivity index (χ4v) is 2.18. The van der Waals surface area contributed by atoms with Gasteiger partial charge in [-0.2, -0.15) is 18.3 Å². The normalized spacial score (nSPS) is 11.8. The molecule has 0 saturated carbocycles. The van der Waals surface area contributed by atoms with E-state index in [2.05, 4.69) is 10.1 Å². The first kappa shape index (κ1) is 15.3. The number of carboxylic acids is 1. The number of carboxylic acid groups (broad SMARTS) is 1. The number of aromatic nitrogens is 3. The van der Waals surface area contributed by atoms with Gasteiger partial charge in [0.15, 0.2) is 17.0 Å². The molecular formula is C14H7ClF3N3O2. The number of fused-ring (bicyclic) bond motifs is 1. The Kier molecular flexibility index (Phi) is 3.48. The van der Waals surface area contributed by atoms with E-state index >= 15 is 0 Å². The van der Waals surface area contributed by atoms with E-state index in [1.807, 2.05) is 0 Å². The number of halogens is 4. The number of hydrogen-bond acceptors (Lipinski definition) is 3. The van der Waals surface area contributed by atoms with Crippen molar-refractivity contribution in [3.05, 3.63) is 52.8 Å². The van der Waals surface area contributed by atoms with Gasteiger partial charge in [0.2, 0.25) is 0 Å². The molecule has 2 aromatic heterocycles. The minimum absolute atomic E-state index is 0.0401. The summed E-state index contributed by atoms with van der Waals surface area (Å²) < 4.78 is 40.2. The summed E-state index contributed by atoms with van der Waals surface area (Å²) in [5.41, 5.74) is -1.38. The topological polar surface area (TPSA) is 67.5 Å². The average Bonchev–Trinajstić information content (AvgIpc) is 2.90. The summed E-state index contributed by atoms with van der Waals surface area (Å²) in [5.74, 6) is -1.43. The Balaban J connectivity index is 2.28. The highest BCUT2D eigenvalue weighted by molar-refractivity contribution is 6.30. The van der Waals surface area contributed by atoms with Crippen LogP contribution in [0.5, 0.6) is 0 Å². The van der Waals surface area contributed by atoms with E-state index in [4.69, 9.17) is 16.7 Å². The maximum absolute atomic E-state index is 13.2. The highest BCUT2D eigenvalue weighted by atomic mass is 35.5. The molecule has 0 aliphatic rings. The van der Waals surface area contributed by atoms with Crippen molar-refractivity contribution in [2.24, 2.45) is 0 Å². The highest BCUT2D eigenvalue weighted by Gasteiger charge is 2.35. The molecule has 0 spiro atoms. The van der Waals surface area contributed by atoms with Crippen LogP contribution in [0.1, 0.15) is 16.2 Å². The number of nitrogens with zero attached hydrogens (tertiary/aromatic N) is 3. The van der Waals surface area contributed by atoms with Gasteiger partial charge in [0.25, 0.3) is 0 Å². The third-order valence-electron chi connectivity index (χ3n) is 3.08. The summed E-state index contributed by atoms with van der Waals surface area (Å²) in [6.45, 7) is 0. The van der Waals surface area contributed by atoms with Crippen LogP contribution in [0.25, 0.3) is 16.9 Å². The Labute approximate surface area is 131 Å². The maximum atomic E-state index is 13.2. The van der Waals surface area contributed by atoms with E-state index < -0.39 is 23.5 Å². The summed E-state index contributed by atoms with van der Waals surface area (Å²) in [6.07, 6.45) is -4.72. The van der Waals surface area contributed by atoms with E-state index in [1.54, 1.807) is 0 Å². The number of aromatic carboxylic acids is 1. The zero-order chi connectivity index (χ0) is 16.8. The van der Waals surface area contributed by atoms with E-state index in [9.17, 15) is 18.0 Å². The minimum atomic E-state index is -4.72. The van der Waals surface area contributed by atoms with Crippen LogP contribution in [0, 0.1) is 0 Å². The fourth-order valence-electron chi connectivity index (χ4n) is 2.05. The van der Waals surface area contributed by atoms with E-state index in [1.165, 1.54) is 24.3 Å². The van der Waals surface area contributed by atoms with Crippen molar-refractivity contribution in [2.75, 3.05) is 0 Å². The molecule has 0 aliphatic heterocycles. The lowest BCUT2D eigenvalue weighted by Gasteiger charge is -2.11. The molecule has 0 fully saturated rings. The molecule has 2 heterocycles. The van der Waals surface area contributed by atoms with Crippen molar-refractivity contribution < 1.29 is 23.1 Å². The predicted molar refractivity (Wildman–Crippen MR) is 75.4 cm³/mol. The highest BCUT2D eigenvalue weighted by Crippen LogP contribution is 2.32. The molecule has 23 heavy (non-hydrogen) atoms. The Hall–Kier alpha value is -2.61. The Morgan fingerprint density at radius 2 is 1.83 bits per heavy atom. The number of alkyl halides is 3. The first-order chi connectivity index (χ1) is 10.8. The summed E-state index contributed by atoms with van der Waals surface area (Å²) in [4.78, 5) is 15.0.